The topological polar surface area (TPSA) is 40.0 Å². The van der Waals surface area contributed by atoms with Gasteiger partial charge in [-0.15, -0.1) is 0 Å². The molecule has 2 aromatic rings. The van der Waals surface area contributed by atoms with Crippen LogP contribution in [0.15, 0.2) is 60.7 Å². The summed E-state index contributed by atoms with van der Waals surface area (Å²) in [5.74, 6) is 0.331. The van der Waals surface area contributed by atoms with E-state index in [1.54, 1.807) is 0 Å². The molecular weight excluding hydrogens is 290 g/mol. The normalized spacial score (nSPS) is 13.1. The number of hydrogen-bond acceptors (Lipinski definition) is 3. The van der Waals surface area contributed by atoms with Crippen LogP contribution in [0.1, 0.15) is 12.5 Å². The Bertz CT molecular complexity index is 586. The highest BCUT2D eigenvalue weighted by Crippen LogP contribution is 2.08. The van der Waals surface area contributed by atoms with Crippen molar-refractivity contribution in [2.24, 2.45) is 0 Å². The predicted octanol–water partition coefficient (Wildman–Crippen LogP) is 1.71. The number of nitrogens with one attached hydrogen (secondary N) is 1. The average molecular weight is 314 g/mol. The van der Waals surface area contributed by atoms with E-state index in [1.807, 2.05) is 55.5 Å². The van der Waals surface area contributed by atoms with Crippen LogP contribution in [0.5, 0.6) is 5.75 Å². The smallest absolute Gasteiger partial charge is 0.344 e. The molecule has 4 heteroatoms. The van der Waals surface area contributed by atoms with Crippen molar-refractivity contribution in [3.8, 4) is 5.75 Å². The molecule has 0 radical (unpaired) electrons. The third-order valence-corrected chi connectivity index (χ3v) is 3.42. The van der Waals surface area contributed by atoms with E-state index in [0.717, 1.165) is 13.1 Å². The molecule has 0 aliphatic rings. The number of quaternary nitrogens is 1. The zero-order chi connectivity index (χ0) is 16.5. The molecule has 0 aliphatic heterocycles. The van der Waals surface area contributed by atoms with Crippen molar-refractivity contribution in [3.05, 3.63) is 66.2 Å². The summed E-state index contributed by atoms with van der Waals surface area (Å²) < 4.78 is 10.8. The molecule has 0 fully saturated rings. The summed E-state index contributed by atoms with van der Waals surface area (Å²) in [7, 11) is 2.10. The number of benzene rings is 2. The molecule has 0 aromatic heterocycles. The molecule has 2 atom stereocenters. The van der Waals surface area contributed by atoms with Gasteiger partial charge < -0.3 is 14.4 Å². The van der Waals surface area contributed by atoms with Crippen LogP contribution in [-0.4, -0.2) is 32.3 Å². The Morgan fingerprint density at radius 3 is 2.30 bits per heavy atom. The minimum atomic E-state index is -0.339. The molecule has 0 saturated heterocycles. The maximum atomic E-state index is 11.8. The predicted molar refractivity (Wildman–Crippen MR) is 89.4 cm³/mol. The van der Waals surface area contributed by atoms with E-state index in [4.69, 9.17) is 9.47 Å². The molecule has 0 spiro atoms. The summed E-state index contributed by atoms with van der Waals surface area (Å²) in [6.45, 7) is 3.51. The summed E-state index contributed by atoms with van der Waals surface area (Å²) in [6, 6.07) is 19.6. The average Bonchev–Trinajstić information content (AvgIpc) is 2.54. The van der Waals surface area contributed by atoms with Crippen LogP contribution < -0.4 is 9.64 Å². The number of rotatable bonds is 8. The molecule has 1 N–H and O–H groups in total. The first-order valence-corrected chi connectivity index (χ1v) is 7.86. The van der Waals surface area contributed by atoms with Crippen LogP contribution in [0, 0.1) is 0 Å². The molecule has 0 saturated carbocycles. The van der Waals surface area contributed by atoms with Gasteiger partial charge in [0.1, 0.15) is 24.9 Å². The number of hydrogen-bond donors (Lipinski definition) is 1. The molecule has 2 aromatic carbocycles. The summed E-state index contributed by atoms with van der Waals surface area (Å²) in [6.07, 6.45) is -0.148. The molecular formula is C19H24NO3+. The van der Waals surface area contributed by atoms with Gasteiger partial charge in [0, 0.05) is 5.56 Å². The number of esters is 1. The molecule has 0 bridgehead atoms. The largest absolute Gasteiger partial charge is 0.482 e. The Labute approximate surface area is 137 Å². The van der Waals surface area contributed by atoms with Gasteiger partial charge in [0.25, 0.3) is 0 Å². The lowest BCUT2D eigenvalue weighted by molar-refractivity contribution is -0.896. The lowest BCUT2D eigenvalue weighted by atomic mass is 10.2. The van der Waals surface area contributed by atoms with Crippen LogP contribution in [0.3, 0.4) is 0 Å². The zero-order valence-corrected chi connectivity index (χ0v) is 13.7. The van der Waals surface area contributed by atoms with E-state index in [9.17, 15) is 4.79 Å². The summed E-state index contributed by atoms with van der Waals surface area (Å²) in [4.78, 5) is 13.1. The fraction of sp³-hybridized carbons (Fsp3) is 0.316. The number of ether oxygens (including phenoxy) is 2. The van der Waals surface area contributed by atoms with Crippen LogP contribution >= 0.6 is 0 Å². The molecule has 1 unspecified atom stereocenters. The quantitative estimate of drug-likeness (QED) is 0.754. The zero-order valence-electron chi connectivity index (χ0n) is 13.7. The fourth-order valence-electron chi connectivity index (χ4n) is 2.47. The first-order chi connectivity index (χ1) is 11.1. The van der Waals surface area contributed by atoms with E-state index in [-0.39, 0.29) is 18.7 Å². The van der Waals surface area contributed by atoms with Gasteiger partial charge in [-0.05, 0) is 19.1 Å². The minimum Gasteiger partial charge on any atom is -0.482 e. The Balaban J connectivity index is 1.69. The van der Waals surface area contributed by atoms with E-state index >= 15 is 0 Å². The summed E-state index contributed by atoms with van der Waals surface area (Å²) >= 11 is 0. The number of carbonyl (C=O) groups excluding carboxylic acids is 1. The lowest BCUT2D eigenvalue weighted by Crippen LogP contribution is -3.08. The van der Waals surface area contributed by atoms with Gasteiger partial charge >= 0.3 is 5.97 Å². The van der Waals surface area contributed by atoms with Crippen LogP contribution in [-0.2, 0) is 16.1 Å². The first kappa shape index (κ1) is 17.0. The van der Waals surface area contributed by atoms with Crippen molar-refractivity contribution < 1.29 is 19.2 Å². The maximum Gasteiger partial charge on any atom is 0.344 e. The highest BCUT2D eigenvalue weighted by molar-refractivity contribution is 5.71. The van der Waals surface area contributed by atoms with Crippen molar-refractivity contribution in [1.82, 2.24) is 0 Å². The SMILES string of the molecule is C[C@@H](C[NH+](C)Cc1ccccc1)OC(=O)COc1ccccc1. The van der Waals surface area contributed by atoms with E-state index in [0.29, 0.717) is 5.75 Å². The molecule has 2 rings (SSSR count). The van der Waals surface area contributed by atoms with E-state index < -0.39 is 0 Å². The van der Waals surface area contributed by atoms with Crippen molar-refractivity contribution in [2.75, 3.05) is 20.2 Å². The Hall–Kier alpha value is -2.33. The number of para-hydroxylation sites is 1. The highest BCUT2D eigenvalue weighted by Gasteiger charge is 2.15. The van der Waals surface area contributed by atoms with Gasteiger partial charge in [-0.1, -0.05) is 48.5 Å². The van der Waals surface area contributed by atoms with Crippen molar-refractivity contribution in [2.45, 2.75) is 19.6 Å². The first-order valence-electron chi connectivity index (χ1n) is 7.86. The molecule has 122 valence electrons. The van der Waals surface area contributed by atoms with Crippen LogP contribution in [0.2, 0.25) is 0 Å². The van der Waals surface area contributed by atoms with Crippen molar-refractivity contribution in [1.29, 1.82) is 0 Å². The van der Waals surface area contributed by atoms with Gasteiger partial charge in [-0.25, -0.2) is 4.79 Å². The van der Waals surface area contributed by atoms with Gasteiger partial charge in [0.15, 0.2) is 6.61 Å². The van der Waals surface area contributed by atoms with Gasteiger partial charge in [0.2, 0.25) is 0 Å². The molecule has 0 heterocycles. The minimum absolute atomic E-state index is 0.0634. The second-order valence-electron chi connectivity index (χ2n) is 5.73. The Kier molecular flexibility index (Phi) is 6.63. The summed E-state index contributed by atoms with van der Waals surface area (Å²) in [5.41, 5.74) is 1.27. The monoisotopic (exact) mass is 314 g/mol. The van der Waals surface area contributed by atoms with E-state index in [2.05, 4.69) is 19.2 Å². The Morgan fingerprint density at radius 2 is 1.65 bits per heavy atom. The van der Waals surface area contributed by atoms with E-state index in [1.165, 1.54) is 10.5 Å². The highest BCUT2D eigenvalue weighted by atomic mass is 16.6. The summed E-state index contributed by atoms with van der Waals surface area (Å²) in [5, 5.41) is 0. The fourth-order valence-corrected chi connectivity index (χ4v) is 2.47. The van der Waals surface area contributed by atoms with Crippen molar-refractivity contribution >= 4 is 5.97 Å². The van der Waals surface area contributed by atoms with Crippen molar-refractivity contribution in [3.63, 3.8) is 0 Å². The standard InChI is InChI=1S/C19H23NO3/c1-16(13-20(2)14-17-9-5-3-6-10-17)23-19(21)15-22-18-11-7-4-8-12-18/h3-12,16H,13-15H2,1-2H3/p+1/t16-/m0/s1. The Morgan fingerprint density at radius 1 is 1.04 bits per heavy atom. The maximum absolute atomic E-state index is 11.8. The second-order valence-corrected chi connectivity index (χ2v) is 5.73. The van der Waals surface area contributed by atoms with Crippen LogP contribution in [0.4, 0.5) is 0 Å². The third-order valence-electron chi connectivity index (χ3n) is 3.42. The third kappa shape index (κ3) is 6.53. The molecule has 0 aliphatic carbocycles. The van der Waals surface area contributed by atoms with Gasteiger partial charge in [-0.3, -0.25) is 0 Å². The van der Waals surface area contributed by atoms with Gasteiger partial charge in [-0.2, -0.15) is 0 Å². The molecule has 4 nitrogen and oxygen atoms in total. The molecule has 23 heavy (non-hydrogen) atoms. The van der Waals surface area contributed by atoms with Gasteiger partial charge in [0.05, 0.1) is 7.05 Å². The number of carbonyl (C=O) groups is 1. The van der Waals surface area contributed by atoms with Crippen LogP contribution in [0.25, 0.3) is 0 Å². The second kappa shape index (κ2) is 8.96. The lowest BCUT2D eigenvalue weighted by Gasteiger charge is -2.19. The number of likely N-dealkylation sites (N-methyl/N-ethyl adjacent to an activating group) is 1. The molecule has 0 amide bonds.